The summed E-state index contributed by atoms with van der Waals surface area (Å²) in [7, 11) is 1.68. The molecule has 0 atom stereocenters. The average molecular weight is 621 g/mol. The maximum absolute atomic E-state index is 12.1. The maximum atomic E-state index is 12.1. The van der Waals surface area contributed by atoms with Crippen LogP contribution in [0.25, 0.3) is 0 Å². The van der Waals surface area contributed by atoms with Crippen LogP contribution >= 0.6 is 15.9 Å². The smallest absolute Gasteiger partial charge is 0.328 e. The number of carboxylic acids is 2. The Hall–Kier alpha value is -3.21. The predicted molar refractivity (Wildman–Crippen MR) is 155 cm³/mol. The van der Waals surface area contributed by atoms with Crippen LogP contribution in [0.2, 0.25) is 0 Å². The van der Waals surface area contributed by atoms with Crippen LogP contribution in [0.5, 0.6) is 11.5 Å². The van der Waals surface area contributed by atoms with Crippen LogP contribution in [0.4, 0.5) is 0 Å². The number of carbonyl (C=O) groups is 3. The standard InChI is InChI=1S/C26H32BrNO4.C4H4O4.H2/c1-30-14-15-32-26-18-21(2-4-23(26)27)16-20-7-11-28(12-8-20)10-6-19-3-5-25-22(17-19)24(29)9-13-31-25;5-3(6)1-2-4(7)8;/h2-5,17-18,20H,6-16H2,1H3;1-2H,(H,5,6)(H,7,8);1H/b;2-1+;. The van der Waals surface area contributed by atoms with Crippen LogP contribution in [-0.4, -0.2) is 79.4 Å². The average Bonchev–Trinajstić information content (AvgIpc) is 2.94. The summed E-state index contributed by atoms with van der Waals surface area (Å²) in [6.07, 6.45) is 6.10. The summed E-state index contributed by atoms with van der Waals surface area (Å²) in [6, 6.07) is 12.5. The summed E-state index contributed by atoms with van der Waals surface area (Å²) >= 11 is 3.58. The Kier molecular flexibility index (Phi) is 12.6. The molecule has 4 rings (SSSR count). The van der Waals surface area contributed by atoms with Gasteiger partial charge in [0.25, 0.3) is 0 Å². The van der Waals surface area contributed by atoms with Gasteiger partial charge in [-0.15, -0.1) is 0 Å². The van der Waals surface area contributed by atoms with Crippen molar-refractivity contribution in [2.75, 3.05) is 46.6 Å². The maximum Gasteiger partial charge on any atom is 0.328 e. The lowest BCUT2D eigenvalue weighted by Crippen LogP contribution is -2.35. The monoisotopic (exact) mass is 619 g/mol. The lowest BCUT2D eigenvalue weighted by atomic mass is 9.90. The van der Waals surface area contributed by atoms with Crippen molar-refractivity contribution in [1.29, 1.82) is 0 Å². The van der Waals surface area contributed by atoms with Gasteiger partial charge >= 0.3 is 11.9 Å². The van der Waals surface area contributed by atoms with Crippen LogP contribution in [0.3, 0.4) is 0 Å². The molecule has 2 aromatic rings. The molecule has 218 valence electrons. The summed E-state index contributed by atoms with van der Waals surface area (Å²) in [4.78, 5) is 33.8. The number of aliphatic carboxylic acids is 2. The van der Waals surface area contributed by atoms with Crippen LogP contribution in [0.1, 0.15) is 42.2 Å². The van der Waals surface area contributed by atoms with E-state index in [-0.39, 0.29) is 7.21 Å². The van der Waals surface area contributed by atoms with Crippen molar-refractivity contribution < 1.29 is 40.2 Å². The predicted octanol–water partition coefficient (Wildman–Crippen LogP) is 4.89. The zero-order valence-corrected chi connectivity index (χ0v) is 24.2. The second-order valence-electron chi connectivity index (χ2n) is 9.71. The summed E-state index contributed by atoms with van der Waals surface area (Å²) in [5.41, 5.74) is 3.31. The number of methoxy groups -OCH3 is 1. The number of ether oxygens (including phenoxy) is 3. The number of carbonyl (C=O) groups excluding carboxylic acids is 1. The molecule has 0 unspecified atom stereocenters. The van der Waals surface area contributed by atoms with Gasteiger partial charge in [0.1, 0.15) is 18.1 Å². The van der Waals surface area contributed by atoms with Gasteiger partial charge in [-0.1, -0.05) is 12.1 Å². The summed E-state index contributed by atoms with van der Waals surface area (Å²) < 4.78 is 17.5. The number of hydrogen-bond acceptors (Lipinski definition) is 7. The lowest BCUT2D eigenvalue weighted by Gasteiger charge is -2.32. The van der Waals surface area contributed by atoms with Crippen molar-refractivity contribution in [2.45, 2.75) is 32.1 Å². The van der Waals surface area contributed by atoms with Gasteiger partial charge in [-0.3, -0.25) is 4.79 Å². The Labute approximate surface area is 244 Å². The number of fused-ring (bicyclic) bond motifs is 1. The van der Waals surface area contributed by atoms with E-state index in [0.717, 1.165) is 54.0 Å². The van der Waals surface area contributed by atoms with E-state index in [4.69, 9.17) is 24.4 Å². The van der Waals surface area contributed by atoms with E-state index in [1.807, 2.05) is 12.1 Å². The van der Waals surface area contributed by atoms with Crippen LogP contribution < -0.4 is 9.47 Å². The third-order valence-electron chi connectivity index (χ3n) is 6.79. The Balaban J connectivity index is 0.000000574. The van der Waals surface area contributed by atoms with Crippen LogP contribution in [0, 0.1) is 5.92 Å². The Morgan fingerprint density at radius 2 is 1.77 bits per heavy atom. The SMILES string of the molecule is COCCOc1cc(CC2CCN(CCc3ccc4c(c3)C(=O)CCO4)CC2)ccc1Br.O=C(O)/C=C/C(=O)O.[HH]. The molecule has 1 saturated heterocycles. The Morgan fingerprint density at radius 3 is 2.45 bits per heavy atom. The highest BCUT2D eigenvalue weighted by molar-refractivity contribution is 9.10. The summed E-state index contributed by atoms with van der Waals surface area (Å²) in [5, 5.41) is 15.6. The molecule has 2 aliphatic rings. The first-order valence-corrected chi connectivity index (χ1v) is 14.1. The van der Waals surface area contributed by atoms with Gasteiger partial charge in [-0.25, -0.2) is 9.59 Å². The van der Waals surface area contributed by atoms with Crippen LogP contribution in [-0.2, 0) is 27.2 Å². The van der Waals surface area contributed by atoms with Crippen LogP contribution in [0.15, 0.2) is 53.0 Å². The fourth-order valence-corrected chi connectivity index (χ4v) is 5.02. The first kappa shape index (κ1) is 31.3. The summed E-state index contributed by atoms with van der Waals surface area (Å²) in [6.45, 7) is 4.95. The van der Waals surface area contributed by atoms with Gasteiger partial charge in [-0.2, -0.15) is 0 Å². The van der Waals surface area contributed by atoms with E-state index in [9.17, 15) is 14.4 Å². The second-order valence-corrected chi connectivity index (χ2v) is 10.6. The third kappa shape index (κ3) is 10.4. The van der Waals surface area contributed by atoms with Crippen molar-refractivity contribution in [1.82, 2.24) is 4.90 Å². The minimum Gasteiger partial charge on any atom is -0.492 e. The van der Waals surface area contributed by atoms with Crippen molar-refractivity contribution >= 4 is 33.7 Å². The number of piperidine rings is 1. The molecular weight excluding hydrogens is 582 g/mol. The Bertz CT molecular complexity index is 1180. The lowest BCUT2D eigenvalue weighted by molar-refractivity contribution is -0.134. The van der Waals surface area contributed by atoms with Gasteiger partial charge in [0.15, 0.2) is 5.78 Å². The quantitative estimate of drug-likeness (QED) is 0.267. The zero-order valence-electron chi connectivity index (χ0n) is 22.6. The fourth-order valence-electron chi connectivity index (χ4n) is 4.66. The molecule has 2 heterocycles. The minimum atomic E-state index is -1.26. The molecule has 0 amide bonds. The molecule has 1 fully saturated rings. The molecule has 0 aromatic heterocycles. The number of carboxylic acid groups (broad SMARTS) is 2. The first-order chi connectivity index (χ1) is 19.2. The molecule has 2 aliphatic heterocycles. The number of ketones is 1. The Morgan fingerprint density at radius 1 is 1.07 bits per heavy atom. The summed E-state index contributed by atoms with van der Waals surface area (Å²) in [5.74, 6) is 0.0311. The van der Waals surface area contributed by atoms with E-state index in [2.05, 4.69) is 45.1 Å². The first-order valence-electron chi connectivity index (χ1n) is 13.3. The van der Waals surface area contributed by atoms with E-state index in [1.165, 1.54) is 24.0 Å². The third-order valence-corrected chi connectivity index (χ3v) is 7.44. The molecule has 2 aromatic carbocycles. The molecular formula is C30H38BrNO8. The van der Waals surface area contributed by atoms with E-state index in [1.54, 1.807) is 7.11 Å². The molecule has 0 radical (unpaired) electrons. The number of Topliss-reactive ketones (excluding diaryl/α,β-unsaturated/α-hetero) is 1. The topological polar surface area (TPSA) is 123 Å². The molecule has 0 bridgehead atoms. The van der Waals surface area contributed by atoms with Gasteiger partial charge in [-0.05, 0) is 96.0 Å². The normalized spacial score (nSPS) is 15.6. The number of rotatable bonds is 11. The molecule has 9 nitrogen and oxygen atoms in total. The van der Waals surface area contributed by atoms with Gasteiger partial charge in [0.2, 0.25) is 0 Å². The zero-order chi connectivity index (χ0) is 28.9. The number of halogens is 1. The van der Waals surface area contributed by atoms with Crippen molar-refractivity contribution in [3.05, 3.63) is 69.7 Å². The van der Waals surface area contributed by atoms with Crippen molar-refractivity contribution in [3.63, 3.8) is 0 Å². The molecule has 10 heteroatoms. The fraction of sp³-hybridized carbons (Fsp3) is 0.433. The number of likely N-dealkylation sites (tertiary alicyclic amines) is 1. The van der Waals surface area contributed by atoms with E-state index in [0.29, 0.717) is 44.3 Å². The highest BCUT2D eigenvalue weighted by atomic mass is 79.9. The molecule has 0 saturated carbocycles. The second kappa shape index (κ2) is 16.2. The highest BCUT2D eigenvalue weighted by Crippen LogP contribution is 2.30. The minimum absolute atomic E-state index is 0. The molecule has 0 spiro atoms. The number of hydrogen-bond donors (Lipinski definition) is 2. The molecule has 40 heavy (non-hydrogen) atoms. The molecule has 0 aliphatic carbocycles. The van der Waals surface area contributed by atoms with Gasteiger partial charge in [0.05, 0.1) is 23.2 Å². The van der Waals surface area contributed by atoms with Gasteiger partial charge in [0, 0.05) is 33.7 Å². The van der Waals surface area contributed by atoms with Crippen molar-refractivity contribution in [3.8, 4) is 11.5 Å². The van der Waals surface area contributed by atoms with Gasteiger partial charge < -0.3 is 29.3 Å². The van der Waals surface area contributed by atoms with E-state index < -0.39 is 11.9 Å². The molecule has 2 N–H and O–H groups in total. The highest BCUT2D eigenvalue weighted by Gasteiger charge is 2.21. The van der Waals surface area contributed by atoms with Crippen molar-refractivity contribution in [2.24, 2.45) is 5.92 Å². The van der Waals surface area contributed by atoms with E-state index >= 15 is 0 Å². The largest absolute Gasteiger partial charge is 0.492 e. The number of benzene rings is 2. The number of nitrogens with zero attached hydrogens (tertiary/aromatic N) is 1.